The third kappa shape index (κ3) is 5.03. The highest BCUT2D eigenvalue weighted by atomic mass is 16.5. The molecule has 0 saturated carbocycles. The molecule has 1 N–H and O–H groups in total. The largest absolute Gasteiger partial charge is 0.392 e. The summed E-state index contributed by atoms with van der Waals surface area (Å²) in [4.78, 5) is 16.6. The molecule has 1 unspecified atom stereocenters. The molecule has 1 atom stereocenters. The van der Waals surface area contributed by atoms with Gasteiger partial charge in [-0.15, -0.1) is 0 Å². The summed E-state index contributed by atoms with van der Waals surface area (Å²) < 4.78 is 5.59. The molecule has 1 aromatic rings. The number of hydrogen-bond donors (Lipinski definition) is 1. The number of carbonyl (C=O) groups excluding carboxylic acids is 1. The van der Waals surface area contributed by atoms with Crippen LogP contribution in [0.4, 0.5) is 0 Å². The Bertz CT molecular complexity index is 511. The van der Waals surface area contributed by atoms with Crippen LogP contribution >= 0.6 is 0 Å². The Morgan fingerprint density at radius 2 is 1.74 bits per heavy atom. The number of benzene rings is 1. The highest BCUT2D eigenvalue weighted by Crippen LogP contribution is 2.14. The number of aliphatic hydroxyl groups is 1. The van der Waals surface area contributed by atoms with Gasteiger partial charge in [0, 0.05) is 32.7 Å². The van der Waals surface area contributed by atoms with Gasteiger partial charge in [-0.05, 0) is 31.9 Å². The molecule has 0 radical (unpaired) electrons. The summed E-state index contributed by atoms with van der Waals surface area (Å²) in [7, 11) is 0. The van der Waals surface area contributed by atoms with Gasteiger partial charge >= 0.3 is 0 Å². The second kappa shape index (κ2) is 8.43. The number of ether oxygens (including phenoxy) is 1. The van der Waals surface area contributed by atoms with Gasteiger partial charge in [-0.25, -0.2) is 0 Å². The van der Waals surface area contributed by atoms with Crippen LogP contribution in [-0.2, 0) is 22.7 Å². The number of aliphatic hydroxyl groups excluding tert-OH is 1. The Balaban J connectivity index is 1.85. The summed E-state index contributed by atoms with van der Waals surface area (Å²) in [6.45, 7) is 9.75. The van der Waals surface area contributed by atoms with E-state index in [2.05, 4.69) is 11.0 Å². The van der Waals surface area contributed by atoms with Crippen LogP contribution in [0.5, 0.6) is 0 Å². The number of hydrogen-bond acceptors (Lipinski definition) is 4. The van der Waals surface area contributed by atoms with Gasteiger partial charge in [-0.3, -0.25) is 9.69 Å². The fourth-order valence-electron chi connectivity index (χ4n) is 2.96. The lowest BCUT2D eigenvalue weighted by Crippen LogP contribution is -2.51. The predicted octanol–water partition coefficient (Wildman–Crippen LogP) is 1.64. The van der Waals surface area contributed by atoms with E-state index in [1.54, 1.807) is 0 Å². The predicted molar refractivity (Wildman–Crippen MR) is 89.9 cm³/mol. The van der Waals surface area contributed by atoms with Crippen molar-refractivity contribution in [1.29, 1.82) is 0 Å². The molecule has 2 rings (SSSR count). The smallest absolute Gasteiger partial charge is 0.251 e. The first-order chi connectivity index (χ1) is 11.0. The van der Waals surface area contributed by atoms with Gasteiger partial charge in [0.05, 0.1) is 12.7 Å². The molecule has 1 aromatic carbocycles. The summed E-state index contributed by atoms with van der Waals surface area (Å²) >= 11 is 0. The van der Waals surface area contributed by atoms with Crippen LogP contribution in [0.2, 0.25) is 0 Å². The Morgan fingerprint density at radius 3 is 2.30 bits per heavy atom. The maximum Gasteiger partial charge on any atom is 0.251 e. The molecule has 0 aliphatic carbocycles. The molecule has 23 heavy (non-hydrogen) atoms. The van der Waals surface area contributed by atoms with Crippen molar-refractivity contribution in [3.63, 3.8) is 0 Å². The van der Waals surface area contributed by atoms with Gasteiger partial charge in [0.2, 0.25) is 0 Å². The molecule has 0 spiro atoms. The summed E-state index contributed by atoms with van der Waals surface area (Å²) in [5.74, 6) is 0.0779. The van der Waals surface area contributed by atoms with Gasteiger partial charge in [0.25, 0.3) is 5.91 Å². The van der Waals surface area contributed by atoms with Crippen LogP contribution in [0.1, 0.15) is 31.9 Å². The lowest BCUT2D eigenvalue weighted by Gasteiger charge is -2.36. The number of rotatable bonds is 6. The second-order valence-corrected chi connectivity index (χ2v) is 6.36. The monoisotopic (exact) mass is 320 g/mol. The van der Waals surface area contributed by atoms with Gasteiger partial charge in [-0.2, -0.15) is 0 Å². The quantitative estimate of drug-likeness (QED) is 0.866. The van der Waals surface area contributed by atoms with E-state index in [0.29, 0.717) is 0 Å². The maximum atomic E-state index is 12.3. The Hall–Kier alpha value is -1.43. The topological polar surface area (TPSA) is 53.0 Å². The lowest BCUT2D eigenvalue weighted by atomic mass is 10.1. The van der Waals surface area contributed by atoms with Crippen LogP contribution < -0.4 is 0 Å². The van der Waals surface area contributed by atoms with Crippen LogP contribution in [0.15, 0.2) is 24.3 Å². The lowest BCUT2D eigenvalue weighted by molar-refractivity contribution is -0.147. The van der Waals surface area contributed by atoms with Gasteiger partial charge < -0.3 is 14.7 Å². The third-order valence-corrected chi connectivity index (χ3v) is 4.19. The van der Waals surface area contributed by atoms with E-state index in [0.717, 1.165) is 43.9 Å². The van der Waals surface area contributed by atoms with Crippen LogP contribution in [0.25, 0.3) is 0 Å². The molecule has 1 aliphatic rings. The second-order valence-electron chi connectivity index (χ2n) is 6.36. The Kier molecular flexibility index (Phi) is 6.57. The van der Waals surface area contributed by atoms with E-state index in [-0.39, 0.29) is 24.7 Å². The first kappa shape index (κ1) is 17.9. The first-order valence-corrected chi connectivity index (χ1v) is 8.35. The van der Waals surface area contributed by atoms with E-state index < -0.39 is 0 Å². The van der Waals surface area contributed by atoms with Crippen LogP contribution in [0.3, 0.4) is 0 Å². The Labute approximate surface area is 138 Å². The molecular weight excluding hydrogens is 292 g/mol. The molecule has 0 bridgehead atoms. The first-order valence-electron chi connectivity index (χ1n) is 8.35. The van der Waals surface area contributed by atoms with Crippen LogP contribution in [0, 0.1) is 0 Å². The van der Waals surface area contributed by atoms with Gasteiger partial charge in [-0.1, -0.05) is 24.3 Å². The molecule has 1 fully saturated rings. The molecule has 1 heterocycles. The third-order valence-electron chi connectivity index (χ3n) is 4.19. The Morgan fingerprint density at radius 1 is 1.13 bits per heavy atom. The van der Waals surface area contributed by atoms with E-state index in [4.69, 9.17) is 4.74 Å². The summed E-state index contributed by atoms with van der Waals surface area (Å²) in [6.07, 6.45) is -0.318. The van der Waals surface area contributed by atoms with Crippen molar-refractivity contribution in [2.75, 3.05) is 26.2 Å². The van der Waals surface area contributed by atoms with E-state index in [9.17, 15) is 9.90 Å². The molecule has 1 amide bonds. The molecule has 0 aromatic heterocycles. The van der Waals surface area contributed by atoms with Crippen molar-refractivity contribution >= 4 is 5.91 Å². The van der Waals surface area contributed by atoms with Crippen molar-refractivity contribution in [3.8, 4) is 0 Å². The average molecular weight is 320 g/mol. The summed E-state index contributed by atoms with van der Waals surface area (Å²) in [5.41, 5.74) is 2.14. The standard InChI is InChI=1S/C18H28N2O3/c1-14(2)23-15(3)18(22)20-10-8-19(9-11-20)12-16-6-4-5-7-17(16)13-21/h4-7,14-15,21H,8-13H2,1-3H3. The maximum absolute atomic E-state index is 12.3. The zero-order chi connectivity index (χ0) is 16.8. The fourth-order valence-corrected chi connectivity index (χ4v) is 2.96. The number of amides is 1. The van der Waals surface area contributed by atoms with Crippen LogP contribution in [-0.4, -0.2) is 59.2 Å². The molecule has 5 nitrogen and oxygen atoms in total. The number of piperazine rings is 1. The highest BCUT2D eigenvalue weighted by Gasteiger charge is 2.26. The average Bonchev–Trinajstić information content (AvgIpc) is 2.55. The highest BCUT2D eigenvalue weighted by molar-refractivity contribution is 5.80. The molecule has 1 aliphatic heterocycles. The normalized spacial score (nSPS) is 17.5. The minimum Gasteiger partial charge on any atom is -0.392 e. The molecule has 128 valence electrons. The zero-order valence-corrected chi connectivity index (χ0v) is 14.4. The molecular formula is C18H28N2O3. The van der Waals surface area contributed by atoms with Crippen molar-refractivity contribution < 1.29 is 14.6 Å². The SMILES string of the molecule is CC(C)OC(C)C(=O)N1CCN(Cc2ccccc2CO)CC1. The van der Waals surface area contributed by atoms with Crippen molar-refractivity contribution in [2.45, 2.75) is 46.1 Å². The minimum atomic E-state index is -0.378. The van der Waals surface area contributed by atoms with Crippen molar-refractivity contribution in [1.82, 2.24) is 9.80 Å². The zero-order valence-electron chi connectivity index (χ0n) is 14.4. The summed E-state index contributed by atoms with van der Waals surface area (Å²) in [6, 6.07) is 7.96. The minimum absolute atomic E-state index is 0.0604. The van der Waals surface area contributed by atoms with Gasteiger partial charge in [0.15, 0.2) is 0 Å². The van der Waals surface area contributed by atoms with Crippen molar-refractivity contribution in [2.24, 2.45) is 0 Å². The number of nitrogens with zero attached hydrogens (tertiary/aromatic N) is 2. The van der Waals surface area contributed by atoms with Gasteiger partial charge in [0.1, 0.15) is 6.10 Å². The van der Waals surface area contributed by atoms with Crippen molar-refractivity contribution in [3.05, 3.63) is 35.4 Å². The van der Waals surface area contributed by atoms with E-state index >= 15 is 0 Å². The molecule has 5 heteroatoms. The van der Waals surface area contributed by atoms with E-state index in [1.165, 1.54) is 0 Å². The fraction of sp³-hybridized carbons (Fsp3) is 0.611. The summed E-state index contributed by atoms with van der Waals surface area (Å²) in [5, 5.41) is 9.41. The number of carbonyl (C=O) groups is 1. The molecule has 1 saturated heterocycles. The van der Waals surface area contributed by atoms with E-state index in [1.807, 2.05) is 43.9 Å².